The molecule has 170 valence electrons. The normalized spacial score (nSPS) is 10.8. The molecule has 0 heterocycles. The Morgan fingerprint density at radius 1 is 0.667 bits per heavy atom. The van der Waals surface area contributed by atoms with Gasteiger partial charge >= 0.3 is 11.9 Å². The molecule has 0 unspecified atom stereocenters. The van der Waals surface area contributed by atoms with Gasteiger partial charge in [-0.1, -0.05) is 97.1 Å². The molecular formula is C26H42O4. The van der Waals surface area contributed by atoms with Crippen LogP contribution in [0.1, 0.15) is 124 Å². The van der Waals surface area contributed by atoms with Crippen molar-refractivity contribution in [2.45, 2.75) is 104 Å². The molecule has 0 saturated carbocycles. The lowest BCUT2D eigenvalue weighted by atomic mass is 9.99. The molecule has 1 aromatic rings. The zero-order chi connectivity index (χ0) is 22.0. The minimum atomic E-state index is -0.426. The highest BCUT2D eigenvalue weighted by Crippen LogP contribution is 2.19. The van der Waals surface area contributed by atoms with Gasteiger partial charge < -0.3 is 9.47 Å². The Labute approximate surface area is 183 Å². The number of benzene rings is 1. The van der Waals surface area contributed by atoms with Gasteiger partial charge in [0.05, 0.1) is 24.3 Å². The molecule has 0 aromatic heterocycles. The third-order valence-electron chi connectivity index (χ3n) is 5.42. The molecule has 0 fully saturated rings. The topological polar surface area (TPSA) is 52.6 Å². The standard InChI is InChI=1S/C26H42O4/c1-4-7-9-11-13-15-20-29-25(27)23-19-17-18-22(6-3)24(23)26(28)30-21-16-14-12-10-8-5-2/h17-19H,4-16,20-21H2,1-3H3. The summed E-state index contributed by atoms with van der Waals surface area (Å²) in [5.74, 6) is -0.835. The largest absolute Gasteiger partial charge is 0.462 e. The summed E-state index contributed by atoms with van der Waals surface area (Å²) < 4.78 is 11.0. The van der Waals surface area contributed by atoms with Crippen LogP contribution in [0.5, 0.6) is 0 Å². The highest BCUT2D eigenvalue weighted by molar-refractivity contribution is 6.04. The first-order chi connectivity index (χ1) is 14.7. The van der Waals surface area contributed by atoms with Gasteiger partial charge in [0.1, 0.15) is 0 Å². The maximum atomic E-state index is 12.7. The number of unbranched alkanes of at least 4 members (excludes halogenated alkanes) is 10. The van der Waals surface area contributed by atoms with Crippen molar-refractivity contribution in [2.24, 2.45) is 0 Å². The Bertz CT molecular complexity index is 609. The molecule has 0 spiro atoms. The maximum absolute atomic E-state index is 12.7. The maximum Gasteiger partial charge on any atom is 0.339 e. The van der Waals surface area contributed by atoms with Crippen LogP contribution in [0.3, 0.4) is 0 Å². The smallest absolute Gasteiger partial charge is 0.339 e. The zero-order valence-corrected chi connectivity index (χ0v) is 19.5. The van der Waals surface area contributed by atoms with Gasteiger partial charge in [0, 0.05) is 0 Å². The van der Waals surface area contributed by atoms with Gasteiger partial charge in [0.15, 0.2) is 0 Å². The molecule has 0 amide bonds. The summed E-state index contributed by atoms with van der Waals surface area (Å²) in [6.45, 7) is 7.17. The van der Waals surface area contributed by atoms with Crippen LogP contribution in [0.15, 0.2) is 18.2 Å². The van der Waals surface area contributed by atoms with Crippen LogP contribution >= 0.6 is 0 Å². The van der Waals surface area contributed by atoms with Gasteiger partial charge in [-0.3, -0.25) is 0 Å². The Balaban J connectivity index is 2.55. The Morgan fingerprint density at radius 2 is 1.17 bits per heavy atom. The van der Waals surface area contributed by atoms with Crippen LogP contribution in [-0.2, 0) is 15.9 Å². The van der Waals surface area contributed by atoms with Crippen molar-refractivity contribution in [1.82, 2.24) is 0 Å². The van der Waals surface area contributed by atoms with E-state index in [9.17, 15) is 9.59 Å². The van der Waals surface area contributed by atoms with Crippen molar-refractivity contribution < 1.29 is 19.1 Å². The van der Waals surface area contributed by atoms with Crippen LogP contribution in [0, 0.1) is 0 Å². The van der Waals surface area contributed by atoms with Crippen molar-refractivity contribution in [1.29, 1.82) is 0 Å². The van der Waals surface area contributed by atoms with Gasteiger partial charge in [-0.25, -0.2) is 9.59 Å². The van der Waals surface area contributed by atoms with Crippen LogP contribution in [0.4, 0.5) is 0 Å². The Kier molecular flexibility index (Phi) is 14.8. The third-order valence-corrected chi connectivity index (χ3v) is 5.42. The number of ether oxygens (including phenoxy) is 2. The highest BCUT2D eigenvalue weighted by Gasteiger charge is 2.22. The first-order valence-electron chi connectivity index (χ1n) is 12.1. The number of hydrogen-bond acceptors (Lipinski definition) is 4. The molecule has 0 saturated heterocycles. The molecule has 1 aromatic carbocycles. The van der Waals surface area contributed by atoms with E-state index in [1.165, 1.54) is 51.4 Å². The third kappa shape index (κ3) is 10.3. The molecular weight excluding hydrogens is 376 g/mol. The second kappa shape index (κ2) is 16.9. The van der Waals surface area contributed by atoms with Crippen molar-refractivity contribution in [3.05, 3.63) is 34.9 Å². The highest BCUT2D eigenvalue weighted by atomic mass is 16.5. The van der Waals surface area contributed by atoms with E-state index < -0.39 is 11.9 Å². The average Bonchev–Trinajstić information content (AvgIpc) is 2.76. The summed E-state index contributed by atoms with van der Waals surface area (Å²) in [4.78, 5) is 25.4. The number of aryl methyl sites for hydroxylation is 1. The van der Waals surface area contributed by atoms with Crippen molar-refractivity contribution in [3.63, 3.8) is 0 Å². The molecule has 1 rings (SSSR count). The van der Waals surface area contributed by atoms with Crippen molar-refractivity contribution >= 4 is 11.9 Å². The SMILES string of the molecule is CCCCCCCCOC(=O)c1cccc(CC)c1C(=O)OCCCCCCCC. The summed E-state index contributed by atoms with van der Waals surface area (Å²) in [6.07, 6.45) is 14.3. The molecule has 4 nitrogen and oxygen atoms in total. The Hall–Kier alpha value is -1.84. The van der Waals surface area contributed by atoms with Crippen molar-refractivity contribution in [3.8, 4) is 0 Å². The predicted octanol–water partition coefficient (Wildman–Crippen LogP) is 7.28. The van der Waals surface area contributed by atoms with Gasteiger partial charge in [-0.2, -0.15) is 0 Å². The molecule has 4 heteroatoms. The second-order valence-corrected chi connectivity index (χ2v) is 8.00. The summed E-state index contributed by atoms with van der Waals surface area (Å²) in [5.41, 5.74) is 1.53. The van der Waals surface area contributed by atoms with E-state index in [4.69, 9.17) is 9.47 Å². The molecule has 0 aliphatic rings. The lowest BCUT2D eigenvalue weighted by molar-refractivity contribution is 0.0449. The number of esters is 2. The fraction of sp³-hybridized carbons (Fsp3) is 0.692. The average molecular weight is 419 g/mol. The van der Waals surface area contributed by atoms with Crippen LogP contribution in [-0.4, -0.2) is 25.2 Å². The lowest BCUT2D eigenvalue weighted by Crippen LogP contribution is -2.17. The summed E-state index contributed by atoms with van der Waals surface area (Å²) in [6, 6.07) is 5.36. The summed E-state index contributed by atoms with van der Waals surface area (Å²) >= 11 is 0. The summed E-state index contributed by atoms with van der Waals surface area (Å²) in [7, 11) is 0. The fourth-order valence-electron chi connectivity index (χ4n) is 3.55. The van der Waals surface area contributed by atoms with Gasteiger partial charge in [-0.05, 0) is 30.9 Å². The van der Waals surface area contributed by atoms with E-state index in [-0.39, 0.29) is 0 Å². The molecule has 0 aliphatic carbocycles. The van der Waals surface area contributed by atoms with Crippen LogP contribution < -0.4 is 0 Å². The Morgan fingerprint density at radius 3 is 1.70 bits per heavy atom. The minimum absolute atomic E-state index is 0.327. The number of hydrogen-bond donors (Lipinski definition) is 0. The molecule has 0 N–H and O–H groups in total. The molecule has 0 atom stereocenters. The van der Waals surface area contributed by atoms with E-state index in [1.54, 1.807) is 6.07 Å². The molecule has 0 aliphatic heterocycles. The van der Waals surface area contributed by atoms with E-state index in [2.05, 4.69) is 13.8 Å². The van der Waals surface area contributed by atoms with Crippen molar-refractivity contribution in [2.75, 3.05) is 13.2 Å². The van der Waals surface area contributed by atoms with Gasteiger partial charge in [-0.15, -0.1) is 0 Å². The van der Waals surface area contributed by atoms with E-state index >= 15 is 0 Å². The second-order valence-electron chi connectivity index (χ2n) is 8.00. The number of carbonyl (C=O) groups is 2. The van der Waals surface area contributed by atoms with Gasteiger partial charge in [0.25, 0.3) is 0 Å². The number of carbonyl (C=O) groups excluding carboxylic acids is 2. The van der Waals surface area contributed by atoms with Crippen LogP contribution in [0.2, 0.25) is 0 Å². The predicted molar refractivity (Wildman–Crippen MR) is 123 cm³/mol. The number of rotatable bonds is 17. The first-order valence-corrected chi connectivity index (χ1v) is 12.1. The van der Waals surface area contributed by atoms with E-state index in [0.29, 0.717) is 30.8 Å². The van der Waals surface area contributed by atoms with Crippen LogP contribution in [0.25, 0.3) is 0 Å². The molecule has 0 bridgehead atoms. The zero-order valence-electron chi connectivity index (χ0n) is 19.5. The molecule has 30 heavy (non-hydrogen) atoms. The summed E-state index contributed by atoms with van der Waals surface area (Å²) in [5, 5.41) is 0. The first kappa shape index (κ1) is 26.2. The monoisotopic (exact) mass is 418 g/mol. The lowest BCUT2D eigenvalue weighted by Gasteiger charge is -2.13. The quantitative estimate of drug-likeness (QED) is 0.197. The molecule has 0 radical (unpaired) electrons. The van der Waals surface area contributed by atoms with E-state index in [0.717, 1.165) is 31.2 Å². The minimum Gasteiger partial charge on any atom is -0.462 e. The van der Waals surface area contributed by atoms with Gasteiger partial charge in [0.2, 0.25) is 0 Å². The van der Waals surface area contributed by atoms with E-state index in [1.807, 2.05) is 19.1 Å². The fourth-order valence-corrected chi connectivity index (χ4v) is 3.55.